The normalized spacial score (nSPS) is 15.0. The summed E-state index contributed by atoms with van der Waals surface area (Å²) in [5.74, 6) is 1.90. The van der Waals surface area contributed by atoms with Gasteiger partial charge in [0.15, 0.2) is 0 Å². The number of hydrogen-bond acceptors (Lipinski definition) is 4. The molecular weight excluding hydrogens is 240 g/mol. The standard InChI is InChI=1S/C15H18N2O2/c1-2-14(16-10-13-5-7-17-19-13)11-3-4-15-12(9-11)6-8-18-15/h3-5,7,9,14,16H,2,6,8,10H2,1H3. The van der Waals surface area contributed by atoms with Crippen molar-refractivity contribution in [2.75, 3.05) is 6.61 Å². The van der Waals surface area contributed by atoms with Crippen molar-refractivity contribution >= 4 is 0 Å². The van der Waals surface area contributed by atoms with Gasteiger partial charge in [-0.05, 0) is 23.6 Å². The van der Waals surface area contributed by atoms with Crippen LogP contribution < -0.4 is 10.1 Å². The Hall–Kier alpha value is -1.81. The lowest BCUT2D eigenvalue weighted by Gasteiger charge is -2.17. The summed E-state index contributed by atoms with van der Waals surface area (Å²) >= 11 is 0. The van der Waals surface area contributed by atoms with Gasteiger partial charge in [0.1, 0.15) is 11.5 Å². The zero-order valence-corrected chi connectivity index (χ0v) is 11.1. The first-order chi connectivity index (χ1) is 9.36. The van der Waals surface area contributed by atoms with E-state index in [1.807, 2.05) is 6.07 Å². The van der Waals surface area contributed by atoms with Crippen molar-refractivity contribution in [3.05, 3.63) is 47.3 Å². The fraction of sp³-hybridized carbons (Fsp3) is 0.400. The minimum Gasteiger partial charge on any atom is -0.493 e. The molecule has 0 amide bonds. The SMILES string of the molecule is CCC(NCc1ccno1)c1ccc2c(c1)CCO2. The maximum absolute atomic E-state index is 5.54. The maximum Gasteiger partial charge on any atom is 0.150 e. The highest BCUT2D eigenvalue weighted by Gasteiger charge is 2.16. The molecule has 3 rings (SSSR count). The van der Waals surface area contributed by atoms with Crippen molar-refractivity contribution in [2.45, 2.75) is 32.4 Å². The van der Waals surface area contributed by atoms with Gasteiger partial charge in [0.2, 0.25) is 0 Å². The van der Waals surface area contributed by atoms with Crippen molar-refractivity contribution in [1.82, 2.24) is 10.5 Å². The van der Waals surface area contributed by atoms with Gasteiger partial charge in [0.25, 0.3) is 0 Å². The molecule has 1 aliphatic heterocycles. The third kappa shape index (κ3) is 2.63. The van der Waals surface area contributed by atoms with Gasteiger partial charge in [-0.2, -0.15) is 0 Å². The monoisotopic (exact) mass is 258 g/mol. The Bertz CT molecular complexity index is 537. The summed E-state index contributed by atoms with van der Waals surface area (Å²) in [6, 6.07) is 8.69. The molecule has 1 unspecified atom stereocenters. The van der Waals surface area contributed by atoms with E-state index in [1.165, 1.54) is 11.1 Å². The molecule has 19 heavy (non-hydrogen) atoms. The molecule has 1 aliphatic rings. The van der Waals surface area contributed by atoms with Crippen LogP contribution in [0.2, 0.25) is 0 Å². The Morgan fingerprint density at radius 1 is 1.37 bits per heavy atom. The van der Waals surface area contributed by atoms with E-state index >= 15 is 0 Å². The predicted octanol–water partition coefficient (Wildman–Crippen LogP) is 2.85. The molecule has 0 aliphatic carbocycles. The summed E-state index contributed by atoms with van der Waals surface area (Å²) in [4.78, 5) is 0. The van der Waals surface area contributed by atoms with Crippen LogP contribution >= 0.6 is 0 Å². The second kappa shape index (κ2) is 5.45. The lowest BCUT2D eigenvalue weighted by Crippen LogP contribution is -2.20. The first-order valence-electron chi connectivity index (χ1n) is 6.75. The number of nitrogens with one attached hydrogen (secondary N) is 1. The van der Waals surface area contributed by atoms with Crippen molar-refractivity contribution < 1.29 is 9.26 Å². The molecule has 0 saturated heterocycles. The Kier molecular flexibility index (Phi) is 3.51. The summed E-state index contributed by atoms with van der Waals surface area (Å²) in [6.45, 7) is 3.69. The molecule has 0 spiro atoms. The summed E-state index contributed by atoms with van der Waals surface area (Å²) in [5.41, 5.74) is 2.63. The molecule has 4 nitrogen and oxygen atoms in total. The van der Waals surface area contributed by atoms with Crippen LogP contribution in [0.25, 0.3) is 0 Å². The third-order valence-electron chi connectivity index (χ3n) is 3.54. The first-order valence-corrected chi connectivity index (χ1v) is 6.75. The van der Waals surface area contributed by atoms with Crippen LogP contribution in [-0.2, 0) is 13.0 Å². The summed E-state index contributed by atoms with van der Waals surface area (Å²) in [5, 5.41) is 7.22. The number of ether oxygens (including phenoxy) is 1. The van der Waals surface area contributed by atoms with Crippen LogP contribution in [0, 0.1) is 0 Å². The summed E-state index contributed by atoms with van der Waals surface area (Å²) in [6.07, 6.45) is 3.72. The fourth-order valence-corrected chi connectivity index (χ4v) is 2.48. The Morgan fingerprint density at radius 3 is 3.11 bits per heavy atom. The van der Waals surface area contributed by atoms with Crippen LogP contribution in [0.4, 0.5) is 0 Å². The van der Waals surface area contributed by atoms with E-state index in [2.05, 4.69) is 35.6 Å². The molecule has 1 aromatic heterocycles. The van der Waals surface area contributed by atoms with E-state index in [0.717, 1.165) is 31.0 Å². The topological polar surface area (TPSA) is 47.3 Å². The molecular formula is C15H18N2O2. The highest BCUT2D eigenvalue weighted by molar-refractivity contribution is 5.40. The smallest absolute Gasteiger partial charge is 0.150 e. The van der Waals surface area contributed by atoms with Crippen molar-refractivity contribution in [1.29, 1.82) is 0 Å². The number of aromatic nitrogens is 1. The average Bonchev–Trinajstić information content (AvgIpc) is 3.09. The van der Waals surface area contributed by atoms with Gasteiger partial charge in [-0.15, -0.1) is 0 Å². The quantitative estimate of drug-likeness (QED) is 0.895. The van der Waals surface area contributed by atoms with Crippen LogP contribution in [-0.4, -0.2) is 11.8 Å². The number of rotatable bonds is 5. The van der Waals surface area contributed by atoms with Crippen LogP contribution in [0.5, 0.6) is 5.75 Å². The van der Waals surface area contributed by atoms with E-state index < -0.39 is 0 Å². The molecule has 0 fully saturated rings. The largest absolute Gasteiger partial charge is 0.493 e. The van der Waals surface area contributed by atoms with Crippen LogP contribution in [0.1, 0.15) is 36.3 Å². The van der Waals surface area contributed by atoms with Crippen molar-refractivity contribution in [3.8, 4) is 5.75 Å². The van der Waals surface area contributed by atoms with Gasteiger partial charge in [0.05, 0.1) is 19.3 Å². The maximum atomic E-state index is 5.54. The highest BCUT2D eigenvalue weighted by atomic mass is 16.5. The molecule has 0 saturated carbocycles. The number of hydrogen-bond donors (Lipinski definition) is 1. The van der Waals surface area contributed by atoms with E-state index in [4.69, 9.17) is 9.26 Å². The minimum absolute atomic E-state index is 0.330. The second-order valence-electron chi connectivity index (χ2n) is 4.79. The van der Waals surface area contributed by atoms with Crippen LogP contribution in [0.3, 0.4) is 0 Å². The number of nitrogens with zero attached hydrogens (tertiary/aromatic N) is 1. The molecule has 1 aromatic carbocycles. The van der Waals surface area contributed by atoms with Gasteiger partial charge < -0.3 is 14.6 Å². The fourth-order valence-electron chi connectivity index (χ4n) is 2.48. The first kappa shape index (κ1) is 12.2. The Morgan fingerprint density at radius 2 is 2.32 bits per heavy atom. The van der Waals surface area contributed by atoms with Gasteiger partial charge in [0, 0.05) is 18.5 Å². The zero-order chi connectivity index (χ0) is 13.1. The number of fused-ring (bicyclic) bond motifs is 1. The van der Waals surface area contributed by atoms with E-state index in [0.29, 0.717) is 12.6 Å². The third-order valence-corrected chi connectivity index (χ3v) is 3.54. The second-order valence-corrected chi connectivity index (χ2v) is 4.79. The van der Waals surface area contributed by atoms with Crippen molar-refractivity contribution in [3.63, 3.8) is 0 Å². The Labute approximate surface area is 112 Å². The molecule has 4 heteroatoms. The Balaban J connectivity index is 1.71. The van der Waals surface area contributed by atoms with Gasteiger partial charge in [-0.3, -0.25) is 0 Å². The van der Waals surface area contributed by atoms with Gasteiger partial charge in [-0.1, -0.05) is 24.2 Å². The molecule has 1 N–H and O–H groups in total. The number of benzene rings is 1. The zero-order valence-electron chi connectivity index (χ0n) is 11.1. The predicted molar refractivity (Wildman–Crippen MR) is 72.0 cm³/mol. The van der Waals surface area contributed by atoms with E-state index in [9.17, 15) is 0 Å². The molecule has 1 atom stereocenters. The average molecular weight is 258 g/mol. The summed E-state index contributed by atoms with van der Waals surface area (Å²) < 4.78 is 10.6. The summed E-state index contributed by atoms with van der Waals surface area (Å²) in [7, 11) is 0. The van der Waals surface area contributed by atoms with E-state index in [1.54, 1.807) is 6.20 Å². The highest BCUT2D eigenvalue weighted by Crippen LogP contribution is 2.29. The van der Waals surface area contributed by atoms with Crippen molar-refractivity contribution in [2.24, 2.45) is 0 Å². The minimum atomic E-state index is 0.330. The molecule has 2 aromatic rings. The molecule has 2 heterocycles. The molecule has 0 radical (unpaired) electrons. The van der Waals surface area contributed by atoms with Gasteiger partial charge in [-0.25, -0.2) is 0 Å². The van der Waals surface area contributed by atoms with Crippen LogP contribution in [0.15, 0.2) is 35.0 Å². The van der Waals surface area contributed by atoms with Gasteiger partial charge >= 0.3 is 0 Å². The lowest BCUT2D eigenvalue weighted by atomic mass is 10.0. The lowest BCUT2D eigenvalue weighted by molar-refractivity contribution is 0.356. The molecule has 100 valence electrons. The van der Waals surface area contributed by atoms with E-state index in [-0.39, 0.29) is 0 Å². The molecule has 0 bridgehead atoms.